The van der Waals surface area contributed by atoms with Gasteiger partial charge in [-0.25, -0.2) is 0 Å². The second-order valence-corrected chi connectivity index (χ2v) is 6.37. The van der Waals surface area contributed by atoms with Crippen molar-refractivity contribution in [2.75, 3.05) is 11.9 Å². The Morgan fingerprint density at radius 2 is 1.87 bits per heavy atom. The number of benzene rings is 2. The van der Waals surface area contributed by atoms with Gasteiger partial charge in [-0.1, -0.05) is 36.4 Å². The Morgan fingerprint density at radius 3 is 2.70 bits per heavy atom. The highest BCUT2D eigenvalue weighted by molar-refractivity contribution is 7.80. The molecule has 0 spiro atoms. The van der Waals surface area contributed by atoms with Crippen LogP contribution in [0.1, 0.15) is 24.2 Å². The predicted octanol–water partition coefficient (Wildman–Crippen LogP) is 4.48. The van der Waals surface area contributed by atoms with Crippen LogP contribution in [0.15, 0.2) is 54.6 Å². The van der Waals surface area contributed by atoms with Crippen LogP contribution in [0, 0.1) is 0 Å². The van der Waals surface area contributed by atoms with Gasteiger partial charge >= 0.3 is 0 Å². The van der Waals surface area contributed by atoms with Gasteiger partial charge in [-0.2, -0.15) is 0 Å². The monoisotopic (exact) mass is 321 g/mol. The maximum atomic E-state index is 5.64. The number of hydrogen-bond donors (Lipinski definition) is 2. The molecule has 0 aliphatic carbocycles. The van der Waals surface area contributed by atoms with Crippen LogP contribution in [0.2, 0.25) is 0 Å². The first-order valence-corrected chi connectivity index (χ1v) is 8.37. The summed E-state index contributed by atoms with van der Waals surface area (Å²) in [6, 6.07) is 18.9. The molecule has 2 N–H and O–H groups in total. The van der Waals surface area contributed by atoms with Crippen LogP contribution in [-0.2, 0) is 6.42 Å². The van der Waals surface area contributed by atoms with Gasteiger partial charge in [0.05, 0.1) is 6.04 Å². The number of aromatic nitrogens is 1. The van der Waals surface area contributed by atoms with E-state index in [1.165, 1.54) is 22.2 Å². The van der Waals surface area contributed by atoms with Crippen molar-refractivity contribution >= 4 is 33.9 Å². The summed E-state index contributed by atoms with van der Waals surface area (Å²) in [5, 5.41) is 5.48. The fourth-order valence-corrected chi connectivity index (χ4v) is 3.79. The van der Waals surface area contributed by atoms with Crippen LogP contribution in [0.25, 0.3) is 10.9 Å². The molecule has 116 valence electrons. The van der Waals surface area contributed by atoms with Crippen LogP contribution >= 0.6 is 12.2 Å². The molecular weight excluding hydrogens is 302 g/mol. The molecule has 2 aromatic carbocycles. The lowest BCUT2D eigenvalue weighted by atomic mass is 9.99. The third kappa shape index (κ3) is 2.49. The number of fused-ring (bicyclic) bond motifs is 3. The molecular formula is C19H19N3S. The Morgan fingerprint density at radius 1 is 1.13 bits per heavy atom. The Hall–Kier alpha value is -2.33. The Bertz CT molecular complexity index is 853. The minimum atomic E-state index is 0.245. The number of nitrogens with one attached hydrogen (secondary N) is 2. The zero-order valence-electron chi connectivity index (χ0n) is 13.0. The lowest BCUT2D eigenvalue weighted by Crippen LogP contribution is -2.41. The van der Waals surface area contributed by atoms with Crippen molar-refractivity contribution in [2.45, 2.75) is 19.4 Å². The first-order valence-electron chi connectivity index (χ1n) is 7.96. The van der Waals surface area contributed by atoms with Gasteiger partial charge in [0.25, 0.3) is 0 Å². The second kappa shape index (κ2) is 5.70. The second-order valence-electron chi connectivity index (χ2n) is 5.98. The van der Waals surface area contributed by atoms with E-state index in [4.69, 9.17) is 12.2 Å². The molecule has 3 aromatic rings. The first kappa shape index (κ1) is 14.3. The van der Waals surface area contributed by atoms with Gasteiger partial charge in [-0.05, 0) is 49.3 Å². The number of hydrogen-bond acceptors (Lipinski definition) is 1. The Kier molecular flexibility index (Phi) is 3.54. The Balaban J connectivity index is 1.62. The molecule has 0 radical (unpaired) electrons. The molecule has 0 saturated carbocycles. The molecule has 1 aliphatic heterocycles. The van der Waals surface area contributed by atoms with E-state index < -0.39 is 0 Å². The van der Waals surface area contributed by atoms with E-state index in [2.05, 4.69) is 46.4 Å². The minimum absolute atomic E-state index is 0.245. The van der Waals surface area contributed by atoms with E-state index in [0.29, 0.717) is 0 Å². The van der Waals surface area contributed by atoms with Gasteiger partial charge in [0.1, 0.15) is 0 Å². The van der Waals surface area contributed by atoms with E-state index >= 15 is 0 Å². The summed E-state index contributed by atoms with van der Waals surface area (Å²) in [5.41, 5.74) is 4.97. The van der Waals surface area contributed by atoms with Crippen LogP contribution in [0.3, 0.4) is 0 Å². The fraction of sp³-hybridized carbons (Fsp3) is 0.211. The largest absolute Gasteiger partial charge is 0.356 e. The maximum absolute atomic E-state index is 5.64. The molecule has 3 nitrogen and oxygen atoms in total. The van der Waals surface area contributed by atoms with E-state index in [1.807, 2.05) is 30.3 Å². The number of rotatable bonds is 1. The SMILES string of the molecule is C[C@@H]1c2[nH]c3ccccc3c2CCN1C(=S)Nc1ccccc1. The molecule has 0 fully saturated rings. The average Bonchev–Trinajstić information content (AvgIpc) is 2.96. The van der Waals surface area contributed by atoms with Crippen LogP contribution < -0.4 is 5.32 Å². The van der Waals surface area contributed by atoms with E-state index in [0.717, 1.165) is 23.8 Å². The van der Waals surface area contributed by atoms with Crippen molar-refractivity contribution in [1.82, 2.24) is 9.88 Å². The summed E-state index contributed by atoms with van der Waals surface area (Å²) in [7, 11) is 0. The number of para-hydroxylation sites is 2. The van der Waals surface area contributed by atoms with Gasteiger partial charge in [0.2, 0.25) is 0 Å². The molecule has 2 heterocycles. The van der Waals surface area contributed by atoms with Crippen LogP contribution in [0.4, 0.5) is 5.69 Å². The quantitative estimate of drug-likeness (QED) is 0.648. The molecule has 1 aliphatic rings. The molecule has 4 heteroatoms. The molecule has 0 saturated heterocycles. The molecule has 4 rings (SSSR count). The van der Waals surface area contributed by atoms with E-state index in [9.17, 15) is 0 Å². The normalized spacial score (nSPS) is 17.1. The summed E-state index contributed by atoms with van der Waals surface area (Å²) in [6.07, 6.45) is 1.01. The molecule has 0 amide bonds. The topological polar surface area (TPSA) is 31.1 Å². The summed E-state index contributed by atoms with van der Waals surface area (Å²) < 4.78 is 0. The standard InChI is InChI=1S/C19H19N3S/c1-13-18-16(15-9-5-6-10-17(15)21-18)11-12-22(13)19(23)20-14-7-3-2-4-8-14/h2-10,13,21H,11-12H2,1H3,(H,20,23)/t13-/m1/s1. The highest BCUT2D eigenvalue weighted by atomic mass is 32.1. The average molecular weight is 321 g/mol. The van der Waals surface area contributed by atoms with E-state index in [1.54, 1.807) is 0 Å². The smallest absolute Gasteiger partial charge is 0.173 e. The lowest BCUT2D eigenvalue weighted by Gasteiger charge is -2.35. The highest BCUT2D eigenvalue weighted by Crippen LogP contribution is 2.34. The van der Waals surface area contributed by atoms with Crippen molar-refractivity contribution in [2.24, 2.45) is 0 Å². The minimum Gasteiger partial charge on any atom is -0.356 e. The van der Waals surface area contributed by atoms with Crippen LogP contribution in [-0.4, -0.2) is 21.5 Å². The van der Waals surface area contributed by atoms with Crippen molar-refractivity contribution < 1.29 is 0 Å². The zero-order chi connectivity index (χ0) is 15.8. The van der Waals surface area contributed by atoms with Crippen molar-refractivity contribution in [3.8, 4) is 0 Å². The van der Waals surface area contributed by atoms with Crippen molar-refractivity contribution in [3.05, 3.63) is 65.9 Å². The van der Waals surface area contributed by atoms with E-state index in [-0.39, 0.29) is 6.04 Å². The van der Waals surface area contributed by atoms with Crippen molar-refractivity contribution in [1.29, 1.82) is 0 Å². The van der Waals surface area contributed by atoms with Crippen molar-refractivity contribution in [3.63, 3.8) is 0 Å². The summed E-state index contributed by atoms with van der Waals surface area (Å²) in [5.74, 6) is 0. The molecule has 1 aromatic heterocycles. The van der Waals surface area contributed by atoms with Gasteiger partial charge in [-0.3, -0.25) is 0 Å². The number of H-pyrrole nitrogens is 1. The fourth-order valence-electron chi connectivity index (χ4n) is 3.42. The van der Waals surface area contributed by atoms with Gasteiger partial charge in [0.15, 0.2) is 5.11 Å². The van der Waals surface area contributed by atoms with Gasteiger partial charge in [-0.15, -0.1) is 0 Å². The number of anilines is 1. The Labute approximate surface area is 141 Å². The number of thiocarbonyl (C=S) groups is 1. The van der Waals surface area contributed by atoms with Gasteiger partial charge < -0.3 is 15.2 Å². The first-order chi connectivity index (χ1) is 11.2. The third-order valence-corrected chi connectivity index (χ3v) is 4.96. The molecule has 0 bridgehead atoms. The third-order valence-electron chi connectivity index (χ3n) is 4.62. The lowest BCUT2D eigenvalue weighted by molar-refractivity contribution is 0.319. The van der Waals surface area contributed by atoms with Crippen LogP contribution in [0.5, 0.6) is 0 Å². The highest BCUT2D eigenvalue weighted by Gasteiger charge is 2.28. The number of nitrogens with zero attached hydrogens (tertiary/aromatic N) is 1. The molecule has 1 atom stereocenters. The predicted molar refractivity (Wildman–Crippen MR) is 99.8 cm³/mol. The molecule has 0 unspecified atom stereocenters. The summed E-state index contributed by atoms with van der Waals surface area (Å²) in [6.45, 7) is 3.15. The molecule has 23 heavy (non-hydrogen) atoms. The number of aromatic amines is 1. The maximum Gasteiger partial charge on any atom is 0.173 e. The zero-order valence-corrected chi connectivity index (χ0v) is 13.9. The van der Waals surface area contributed by atoms with Gasteiger partial charge in [0, 0.05) is 28.8 Å². The summed E-state index contributed by atoms with van der Waals surface area (Å²) in [4.78, 5) is 5.85. The summed E-state index contributed by atoms with van der Waals surface area (Å²) >= 11 is 5.64.